The van der Waals surface area contributed by atoms with Crippen molar-refractivity contribution in [2.45, 2.75) is 6.92 Å². The molecule has 5 nitrogen and oxygen atoms in total. The van der Waals surface area contributed by atoms with Crippen molar-refractivity contribution in [3.05, 3.63) is 29.6 Å². The van der Waals surface area contributed by atoms with Crippen molar-refractivity contribution in [1.29, 1.82) is 0 Å². The number of nitrogens with zero attached hydrogens (tertiary/aromatic N) is 1. The smallest absolute Gasteiger partial charge is 0.254 e. The minimum Gasteiger partial charge on any atom is -0.355 e. The Hall–Kier alpha value is -2.05. The number of pyridine rings is 1. The highest BCUT2D eigenvalue weighted by Crippen LogP contribution is 2.08. The topological polar surface area (TPSA) is 71.1 Å². The first kappa shape index (κ1) is 13.0. The Kier molecular flexibility index (Phi) is 4.50. The number of amides is 2. The van der Waals surface area contributed by atoms with Crippen molar-refractivity contribution in [2.24, 2.45) is 0 Å². The van der Waals surface area contributed by atoms with E-state index >= 15 is 0 Å². The largest absolute Gasteiger partial charge is 0.355 e. The van der Waals surface area contributed by atoms with Crippen molar-refractivity contribution in [3.63, 3.8) is 0 Å². The van der Waals surface area contributed by atoms with Gasteiger partial charge in [0.05, 0.1) is 5.56 Å². The number of halogens is 2. The summed E-state index contributed by atoms with van der Waals surface area (Å²) in [6, 6.07) is 1.08. The molecular formula is C10H11F2N3O2. The molecule has 0 saturated carbocycles. The van der Waals surface area contributed by atoms with E-state index in [9.17, 15) is 18.4 Å². The predicted molar refractivity (Wildman–Crippen MR) is 55.2 cm³/mol. The Balaban J connectivity index is 2.53. The fraction of sp³-hybridized carbons (Fsp3) is 0.300. The van der Waals surface area contributed by atoms with Crippen LogP contribution in [0.3, 0.4) is 0 Å². The molecule has 1 heterocycles. The SMILES string of the molecule is CC(=O)NCCNC(=O)c1ccnc(F)c1F. The number of carbonyl (C=O) groups excluding carboxylic acids is 2. The summed E-state index contributed by atoms with van der Waals surface area (Å²) in [4.78, 5) is 25.0. The number of hydrogen-bond donors (Lipinski definition) is 2. The highest BCUT2D eigenvalue weighted by molar-refractivity contribution is 5.94. The Morgan fingerprint density at radius 3 is 2.59 bits per heavy atom. The molecular weight excluding hydrogens is 232 g/mol. The summed E-state index contributed by atoms with van der Waals surface area (Å²) in [6.45, 7) is 1.68. The molecule has 7 heteroatoms. The summed E-state index contributed by atoms with van der Waals surface area (Å²) in [5, 5.41) is 4.78. The number of carbonyl (C=O) groups is 2. The van der Waals surface area contributed by atoms with Gasteiger partial charge in [0.1, 0.15) is 0 Å². The molecule has 1 rings (SSSR count). The van der Waals surface area contributed by atoms with Gasteiger partial charge in [0.25, 0.3) is 5.91 Å². The molecule has 1 aromatic rings. The zero-order chi connectivity index (χ0) is 12.8. The van der Waals surface area contributed by atoms with Gasteiger partial charge in [0.2, 0.25) is 11.9 Å². The van der Waals surface area contributed by atoms with Gasteiger partial charge in [-0.25, -0.2) is 9.37 Å². The molecule has 0 aromatic carbocycles. The first-order valence-electron chi connectivity index (χ1n) is 4.85. The van der Waals surface area contributed by atoms with Gasteiger partial charge >= 0.3 is 0 Å². The van der Waals surface area contributed by atoms with Crippen molar-refractivity contribution in [3.8, 4) is 0 Å². The summed E-state index contributed by atoms with van der Waals surface area (Å²) >= 11 is 0. The fourth-order valence-electron chi connectivity index (χ4n) is 1.10. The number of aromatic nitrogens is 1. The number of nitrogens with one attached hydrogen (secondary N) is 2. The molecule has 92 valence electrons. The van der Waals surface area contributed by atoms with Crippen LogP contribution in [-0.2, 0) is 4.79 Å². The van der Waals surface area contributed by atoms with Gasteiger partial charge in [-0.1, -0.05) is 0 Å². The summed E-state index contributed by atoms with van der Waals surface area (Å²) in [7, 11) is 0. The van der Waals surface area contributed by atoms with E-state index in [1.165, 1.54) is 6.92 Å². The van der Waals surface area contributed by atoms with Gasteiger partial charge < -0.3 is 10.6 Å². The van der Waals surface area contributed by atoms with E-state index in [0.29, 0.717) is 0 Å². The lowest BCUT2D eigenvalue weighted by atomic mass is 10.2. The van der Waals surface area contributed by atoms with Crippen molar-refractivity contribution < 1.29 is 18.4 Å². The first-order chi connectivity index (χ1) is 8.02. The van der Waals surface area contributed by atoms with Crippen LogP contribution in [0.4, 0.5) is 8.78 Å². The minimum absolute atomic E-state index is 0.127. The van der Waals surface area contributed by atoms with E-state index in [1.807, 2.05) is 0 Å². The molecule has 0 radical (unpaired) electrons. The number of rotatable bonds is 4. The van der Waals surface area contributed by atoms with Crippen LogP contribution in [0.2, 0.25) is 0 Å². The van der Waals surface area contributed by atoms with Gasteiger partial charge in [-0.2, -0.15) is 4.39 Å². The molecule has 0 aliphatic heterocycles. The normalized spacial score (nSPS) is 9.82. The fourth-order valence-corrected chi connectivity index (χ4v) is 1.10. The zero-order valence-electron chi connectivity index (χ0n) is 9.09. The zero-order valence-corrected chi connectivity index (χ0v) is 9.09. The molecule has 2 amide bonds. The maximum absolute atomic E-state index is 13.1. The third-order valence-corrected chi connectivity index (χ3v) is 1.88. The molecule has 2 N–H and O–H groups in total. The quantitative estimate of drug-likeness (QED) is 0.587. The molecule has 0 saturated heterocycles. The third kappa shape index (κ3) is 3.78. The van der Waals surface area contributed by atoms with Gasteiger partial charge in [0.15, 0.2) is 5.82 Å². The average Bonchev–Trinajstić information content (AvgIpc) is 2.27. The highest BCUT2D eigenvalue weighted by Gasteiger charge is 2.15. The third-order valence-electron chi connectivity index (χ3n) is 1.88. The predicted octanol–water partition coefficient (Wildman–Crippen LogP) is 0.226. The monoisotopic (exact) mass is 243 g/mol. The molecule has 0 atom stereocenters. The van der Waals surface area contributed by atoms with Crippen LogP contribution in [-0.4, -0.2) is 29.9 Å². The van der Waals surface area contributed by atoms with E-state index in [-0.39, 0.29) is 19.0 Å². The Labute approximate surface area is 96.2 Å². The minimum atomic E-state index is -1.32. The maximum Gasteiger partial charge on any atom is 0.254 e. The molecule has 0 bridgehead atoms. The Morgan fingerprint density at radius 1 is 1.29 bits per heavy atom. The van der Waals surface area contributed by atoms with E-state index < -0.39 is 23.2 Å². The lowest BCUT2D eigenvalue weighted by molar-refractivity contribution is -0.118. The average molecular weight is 243 g/mol. The summed E-state index contributed by atoms with van der Waals surface area (Å²) in [5.74, 6) is -3.60. The van der Waals surface area contributed by atoms with Crippen LogP contribution < -0.4 is 10.6 Å². The van der Waals surface area contributed by atoms with Crippen LogP contribution in [0.15, 0.2) is 12.3 Å². The Morgan fingerprint density at radius 2 is 1.94 bits per heavy atom. The van der Waals surface area contributed by atoms with E-state index in [4.69, 9.17) is 0 Å². The molecule has 0 spiro atoms. The molecule has 1 aromatic heterocycles. The molecule has 0 aliphatic rings. The highest BCUT2D eigenvalue weighted by atomic mass is 19.2. The molecule has 0 fully saturated rings. The summed E-state index contributed by atoms with van der Waals surface area (Å²) in [5.41, 5.74) is -0.416. The van der Waals surface area contributed by atoms with Crippen LogP contribution in [0.5, 0.6) is 0 Å². The van der Waals surface area contributed by atoms with Crippen molar-refractivity contribution in [1.82, 2.24) is 15.6 Å². The van der Waals surface area contributed by atoms with Crippen LogP contribution in [0, 0.1) is 11.8 Å². The summed E-state index contributed by atoms with van der Waals surface area (Å²) in [6.07, 6.45) is 1.00. The lowest BCUT2D eigenvalue weighted by Gasteiger charge is -2.06. The van der Waals surface area contributed by atoms with Crippen LogP contribution in [0.1, 0.15) is 17.3 Å². The van der Waals surface area contributed by atoms with E-state index in [0.717, 1.165) is 12.3 Å². The van der Waals surface area contributed by atoms with Gasteiger partial charge in [-0.15, -0.1) is 0 Å². The number of hydrogen-bond acceptors (Lipinski definition) is 3. The van der Waals surface area contributed by atoms with Gasteiger partial charge in [-0.05, 0) is 6.07 Å². The lowest BCUT2D eigenvalue weighted by Crippen LogP contribution is -2.34. The van der Waals surface area contributed by atoms with E-state index in [2.05, 4.69) is 15.6 Å². The Bertz CT molecular complexity index is 438. The second-order valence-corrected chi connectivity index (χ2v) is 3.20. The second kappa shape index (κ2) is 5.88. The maximum atomic E-state index is 13.1. The van der Waals surface area contributed by atoms with Crippen molar-refractivity contribution in [2.75, 3.05) is 13.1 Å². The van der Waals surface area contributed by atoms with Crippen LogP contribution in [0.25, 0.3) is 0 Å². The van der Waals surface area contributed by atoms with Gasteiger partial charge in [-0.3, -0.25) is 9.59 Å². The molecule has 0 unspecified atom stereocenters. The van der Waals surface area contributed by atoms with E-state index in [1.54, 1.807) is 0 Å². The van der Waals surface area contributed by atoms with Crippen molar-refractivity contribution >= 4 is 11.8 Å². The summed E-state index contributed by atoms with van der Waals surface area (Å²) < 4.78 is 25.8. The molecule has 17 heavy (non-hydrogen) atoms. The standard InChI is InChI=1S/C10H11F2N3O2/c1-6(16)13-4-5-15-10(17)7-2-3-14-9(12)8(7)11/h2-3H,4-5H2,1H3,(H,13,16)(H,15,17). The second-order valence-electron chi connectivity index (χ2n) is 3.20. The van der Waals surface area contributed by atoms with Crippen LogP contribution >= 0.6 is 0 Å². The first-order valence-corrected chi connectivity index (χ1v) is 4.85. The molecule has 0 aliphatic carbocycles. The van der Waals surface area contributed by atoms with Gasteiger partial charge in [0, 0.05) is 26.2 Å².